The van der Waals surface area contributed by atoms with E-state index in [0.29, 0.717) is 5.75 Å². The molecule has 0 spiro atoms. The highest BCUT2D eigenvalue weighted by molar-refractivity contribution is 9.10. The van der Waals surface area contributed by atoms with Crippen LogP contribution in [0.2, 0.25) is 0 Å². The highest BCUT2D eigenvalue weighted by Gasteiger charge is 2.08. The second-order valence-corrected chi connectivity index (χ2v) is 6.81. The molecular weight excluding hydrogens is 362 g/mol. The summed E-state index contributed by atoms with van der Waals surface area (Å²) in [7, 11) is 1.61. The van der Waals surface area contributed by atoms with Crippen molar-refractivity contribution in [3.63, 3.8) is 0 Å². The van der Waals surface area contributed by atoms with Crippen LogP contribution in [0.5, 0.6) is 5.75 Å². The molecule has 3 nitrogen and oxygen atoms in total. The normalized spacial score (nSPS) is 10.4. The molecule has 0 unspecified atom stereocenters. The van der Waals surface area contributed by atoms with Gasteiger partial charge in [0.15, 0.2) is 0 Å². The van der Waals surface area contributed by atoms with Crippen LogP contribution in [0.1, 0.15) is 11.1 Å². The van der Waals surface area contributed by atoms with E-state index in [0.717, 1.165) is 26.4 Å². The molecule has 2 aromatic carbocycles. The van der Waals surface area contributed by atoms with Crippen molar-refractivity contribution < 1.29 is 9.53 Å². The van der Waals surface area contributed by atoms with Crippen molar-refractivity contribution in [3.8, 4) is 5.75 Å². The van der Waals surface area contributed by atoms with Crippen molar-refractivity contribution >= 4 is 39.3 Å². The molecule has 0 saturated heterocycles. The number of anilines is 1. The summed E-state index contributed by atoms with van der Waals surface area (Å²) in [6.07, 6.45) is 0. The standard InChI is InChI=1S/C17H18BrNO2S/c1-11-8-16(12(2)7-15(11)18)22-10-17(20)19-13-5-4-6-14(9-13)21-3/h4-9H,10H2,1-3H3,(H,19,20). The third kappa shape index (κ3) is 4.52. The zero-order valence-corrected chi connectivity index (χ0v) is 15.2. The molecule has 2 rings (SSSR count). The first-order valence-corrected chi connectivity index (χ1v) is 8.61. The molecule has 0 atom stereocenters. The Morgan fingerprint density at radius 3 is 2.73 bits per heavy atom. The molecule has 1 N–H and O–H groups in total. The van der Waals surface area contributed by atoms with Crippen molar-refractivity contribution in [2.45, 2.75) is 18.7 Å². The summed E-state index contributed by atoms with van der Waals surface area (Å²) in [5.41, 5.74) is 3.08. The van der Waals surface area contributed by atoms with Crippen LogP contribution in [0.3, 0.4) is 0 Å². The van der Waals surface area contributed by atoms with E-state index >= 15 is 0 Å². The zero-order valence-electron chi connectivity index (χ0n) is 12.8. The van der Waals surface area contributed by atoms with Gasteiger partial charge in [-0.05, 0) is 49.2 Å². The average Bonchev–Trinajstić information content (AvgIpc) is 2.49. The SMILES string of the molecule is COc1cccc(NC(=O)CSc2cc(C)c(Br)cc2C)c1. The molecule has 0 saturated carbocycles. The Hall–Kier alpha value is -1.46. The third-order valence-corrected chi connectivity index (χ3v) is 5.18. The lowest BCUT2D eigenvalue weighted by Gasteiger charge is -2.10. The van der Waals surface area contributed by atoms with E-state index in [4.69, 9.17) is 4.74 Å². The number of carbonyl (C=O) groups is 1. The van der Waals surface area contributed by atoms with Crippen molar-refractivity contribution in [3.05, 3.63) is 52.0 Å². The first-order chi connectivity index (χ1) is 10.5. The monoisotopic (exact) mass is 379 g/mol. The lowest BCUT2D eigenvalue weighted by Crippen LogP contribution is -2.14. The van der Waals surface area contributed by atoms with Gasteiger partial charge in [0.2, 0.25) is 5.91 Å². The number of methoxy groups -OCH3 is 1. The van der Waals surface area contributed by atoms with Crippen LogP contribution in [0.15, 0.2) is 45.8 Å². The van der Waals surface area contributed by atoms with E-state index in [-0.39, 0.29) is 5.91 Å². The van der Waals surface area contributed by atoms with Crippen LogP contribution < -0.4 is 10.1 Å². The maximum atomic E-state index is 12.1. The molecule has 0 aliphatic carbocycles. The largest absolute Gasteiger partial charge is 0.497 e. The first kappa shape index (κ1) is 16.9. The van der Waals surface area contributed by atoms with Crippen LogP contribution in [0, 0.1) is 13.8 Å². The molecule has 0 fully saturated rings. The number of rotatable bonds is 5. The fraction of sp³-hybridized carbons (Fsp3) is 0.235. The molecule has 0 radical (unpaired) electrons. The topological polar surface area (TPSA) is 38.3 Å². The van der Waals surface area contributed by atoms with E-state index in [1.165, 1.54) is 5.56 Å². The van der Waals surface area contributed by atoms with Crippen molar-refractivity contribution in [2.75, 3.05) is 18.2 Å². The Morgan fingerprint density at radius 1 is 1.23 bits per heavy atom. The third-order valence-electron chi connectivity index (χ3n) is 3.17. The van der Waals surface area contributed by atoms with Gasteiger partial charge < -0.3 is 10.1 Å². The highest BCUT2D eigenvalue weighted by atomic mass is 79.9. The number of aryl methyl sites for hydroxylation is 2. The molecular formula is C17H18BrNO2S. The van der Waals surface area contributed by atoms with Crippen molar-refractivity contribution in [1.29, 1.82) is 0 Å². The van der Waals surface area contributed by atoms with Gasteiger partial charge in [-0.25, -0.2) is 0 Å². The molecule has 0 aliphatic heterocycles. The number of benzene rings is 2. The Labute approximate surface area is 143 Å². The van der Waals surface area contributed by atoms with Crippen LogP contribution in [-0.4, -0.2) is 18.8 Å². The first-order valence-electron chi connectivity index (χ1n) is 6.83. The average molecular weight is 380 g/mol. The van der Waals surface area contributed by atoms with Crippen LogP contribution >= 0.6 is 27.7 Å². The minimum Gasteiger partial charge on any atom is -0.497 e. The van der Waals surface area contributed by atoms with Crippen molar-refractivity contribution in [1.82, 2.24) is 0 Å². The summed E-state index contributed by atoms with van der Waals surface area (Å²) < 4.78 is 6.24. The van der Waals surface area contributed by atoms with Gasteiger partial charge in [0.05, 0.1) is 12.9 Å². The van der Waals surface area contributed by atoms with Crippen LogP contribution in [-0.2, 0) is 4.79 Å². The van der Waals surface area contributed by atoms with Gasteiger partial charge in [-0.15, -0.1) is 11.8 Å². The second kappa shape index (κ2) is 7.70. The Kier molecular flexibility index (Phi) is 5.91. The predicted molar refractivity (Wildman–Crippen MR) is 96.0 cm³/mol. The summed E-state index contributed by atoms with van der Waals surface area (Å²) in [6, 6.07) is 11.5. The Morgan fingerprint density at radius 2 is 2.00 bits per heavy atom. The van der Waals surface area contributed by atoms with E-state index in [1.54, 1.807) is 24.9 Å². The van der Waals surface area contributed by atoms with E-state index in [1.807, 2.05) is 32.0 Å². The van der Waals surface area contributed by atoms with Gasteiger partial charge >= 0.3 is 0 Å². The highest BCUT2D eigenvalue weighted by Crippen LogP contribution is 2.28. The van der Waals surface area contributed by atoms with Gasteiger partial charge in [-0.2, -0.15) is 0 Å². The van der Waals surface area contributed by atoms with Gasteiger partial charge in [-0.1, -0.05) is 22.0 Å². The van der Waals surface area contributed by atoms with Crippen LogP contribution in [0.25, 0.3) is 0 Å². The Bertz CT molecular complexity index is 688. The fourth-order valence-electron chi connectivity index (χ4n) is 1.95. The number of halogens is 1. The number of hydrogen-bond acceptors (Lipinski definition) is 3. The van der Waals surface area contributed by atoms with E-state index in [9.17, 15) is 4.79 Å². The fourth-order valence-corrected chi connectivity index (χ4v) is 3.31. The number of carbonyl (C=O) groups excluding carboxylic acids is 1. The quantitative estimate of drug-likeness (QED) is 0.757. The molecule has 22 heavy (non-hydrogen) atoms. The van der Waals surface area contributed by atoms with Gasteiger partial charge in [0.25, 0.3) is 0 Å². The molecule has 0 aromatic heterocycles. The second-order valence-electron chi connectivity index (χ2n) is 4.94. The summed E-state index contributed by atoms with van der Waals surface area (Å²) in [4.78, 5) is 13.2. The smallest absolute Gasteiger partial charge is 0.234 e. The minimum absolute atomic E-state index is 0.0294. The number of hydrogen-bond donors (Lipinski definition) is 1. The predicted octanol–water partition coefficient (Wildman–Crippen LogP) is 4.81. The van der Waals surface area contributed by atoms with Crippen LogP contribution in [0.4, 0.5) is 5.69 Å². The minimum atomic E-state index is -0.0294. The Balaban J connectivity index is 1.97. The molecule has 0 bridgehead atoms. The molecule has 116 valence electrons. The zero-order chi connectivity index (χ0) is 16.1. The summed E-state index contributed by atoms with van der Waals surface area (Å²) in [6.45, 7) is 4.09. The molecule has 0 aliphatic rings. The maximum Gasteiger partial charge on any atom is 0.234 e. The molecule has 5 heteroatoms. The summed E-state index contributed by atoms with van der Waals surface area (Å²) in [5.74, 6) is 1.07. The van der Waals surface area contributed by atoms with E-state index < -0.39 is 0 Å². The maximum absolute atomic E-state index is 12.1. The number of nitrogens with one attached hydrogen (secondary N) is 1. The van der Waals surface area contributed by atoms with Gasteiger partial charge in [0.1, 0.15) is 5.75 Å². The number of amides is 1. The number of ether oxygens (including phenoxy) is 1. The lowest BCUT2D eigenvalue weighted by molar-refractivity contribution is -0.113. The summed E-state index contributed by atoms with van der Waals surface area (Å²) >= 11 is 5.06. The summed E-state index contributed by atoms with van der Waals surface area (Å²) in [5, 5.41) is 2.88. The van der Waals surface area contributed by atoms with Gasteiger partial charge in [0, 0.05) is 21.1 Å². The van der Waals surface area contributed by atoms with Gasteiger partial charge in [-0.3, -0.25) is 4.79 Å². The molecule has 0 heterocycles. The molecule has 1 amide bonds. The lowest BCUT2D eigenvalue weighted by atomic mass is 10.2. The van der Waals surface area contributed by atoms with Crippen molar-refractivity contribution in [2.24, 2.45) is 0 Å². The number of thioether (sulfide) groups is 1. The molecule has 2 aromatic rings. The van der Waals surface area contributed by atoms with E-state index in [2.05, 4.69) is 33.4 Å².